The second-order valence-corrected chi connectivity index (χ2v) is 4.76. The van der Waals surface area contributed by atoms with E-state index in [-0.39, 0.29) is 11.4 Å². The first-order chi connectivity index (χ1) is 5.60. The zero-order valence-corrected chi connectivity index (χ0v) is 8.41. The summed E-state index contributed by atoms with van der Waals surface area (Å²) in [5.41, 5.74) is 5.16. The van der Waals surface area contributed by atoms with Gasteiger partial charge in [0, 0.05) is 17.2 Å². The predicted molar refractivity (Wildman–Crippen MR) is 52.1 cm³/mol. The van der Waals surface area contributed by atoms with E-state index in [1.54, 1.807) is 0 Å². The molecule has 3 N–H and O–H groups in total. The lowest BCUT2D eigenvalue weighted by Crippen LogP contribution is -2.50. The van der Waals surface area contributed by atoms with Crippen molar-refractivity contribution in [3.8, 4) is 0 Å². The van der Waals surface area contributed by atoms with Gasteiger partial charge in [0.15, 0.2) is 0 Å². The SMILES string of the molecule is CNC1(CC(N)=O)CCSC1C. The Morgan fingerprint density at radius 3 is 2.83 bits per heavy atom. The Balaban J connectivity index is 2.67. The molecule has 0 saturated carbocycles. The molecule has 0 aromatic heterocycles. The van der Waals surface area contributed by atoms with E-state index < -0.39 is 0 Å². The van der Waals surface area contributed by atoms with Crippen molar-refractivity contribution >= 4 is 17.7 Å². The Labute approximate surface area is 77.5 Å². The van der Waals surface area contributed by atoms with E-state index >= 15 is 0 Å². The molecule has 1 rings (SSSR count). The molecule has 1 fully saturated rings. The van der Waals surface area contributed by atoms with Crippen LogP contribution < -0.4 is 11.1 Å². The van der Waals surface area contributed by atoms with Crippen LogP contribution in [0.5, 0.6) is 0 Å². The Bertz CT molecular complexity index is 186. The topological polar surface area (TPSA) is 55.1 Å². The maximum atomic E-state index is 10.8. The van der Waals surface area contributed by atoms with Crippen LogP contribution in [0.15, 0.2) is 0 Å². The maximum absolute atomic E-state index is 10.8. The van der Waals surface area contributed by atoms with Gasteiger partial charge in [0.05, 0.1) is 0 Å². The average molecular weight is 188 g/mol. The second-order valence-electron chi connectivity index (χ2n) is 3.31. The fourth-order valence-electron chi connectivity index (χ4n) is 1.74. The highest BCUT2D eigenvalue weighted by Gasteiger charge is 2.40. The second kappa shape index (κ2) is 3.66. The summed E-state index contributed by atoms with van der Waals surface area (Å²) in [6, 6.07) is 0. The van der Waals surface area contributed by atoms with Gasteiger partial charge in [-0.15, -0.1) is 0 Å². The Kier molecular flexibility index (Phi) is 3.01. The van der Waals surface area contributed by atoms with E-state index in [1.807, 2.05) is 18.8 Å². The summed E-state index contributed by atoms with van der Waals surface area (Å²) in [5.74, 6) is 0.911. The lowest BCUT2D eigenvalue weighted by Gasteiger charge is -2.31. The highest BCUT2D eigenvalue weighted by atomic mass is 32.2. The molecule has 2 unspecified atom stereocenters. The zero-order chi connectivity index (χ0) is 9.19. The predicted octanol–water partition coefficient (Wildman–Crippen LogP) is 0.345. The van der Waals surface area contributed by atoms with Gasteiger partial charge >= 0.3 is 0 Å². The number of hydrogen-bond donors (Lipinski definition) is 2. The summed E-state index contributed by atoms with van der Waals surface area (Å²) in [6.07, 6.45) is 1.50. The van der Waals surface area contributed by atoms with Crippen LogP contribution in [0, 0.1) is 0 Å². The number of rotatable bonds is 3. The first kappa shape index (κ1) is 9.86. The van der Waals surface area contributed by atoms with Gasteiger partial charge in [-0.3, -0.25) is 4.79 Å². The van der Waals surface area contributed by atoms with Crippen LogP contribution in [0.2, 0.25) is 0 Å². The third kappa shape index (κ3) is 1.75. The zero-order valence-electron chi connectivity index (χ0n) is 7.59. The molecular weight excluding hydrogens is 172 g/mol. The van der Waals surface area contributed by atoms with Gasteiger partial charge in [-0.2, -0.15) is 11.8 Å². The van der Waals surface area contributed by atoms with E-state index in [0.29, 0.717) is 11.7 Å². The standard InChI is InChI=1S/C8H16N2OS/c1-6-8(10-2,3-4-12-6)5-7(9)11/h6,10H,3-5H2,1-2H3,(H2,9,11). The molecule has 70 valence electrons. The van der Waals surface area contributed by atoms with E-state index in [0.717, 1.165) is 12.2 Å². The van der Waals surface area contributed by atoms with E-state index in [2.05, 4.69) is 12.2 Å². The largest absolute Gasteiger partial charge is 0.370 e. The number of carbonyl (C=O) groups excluding carboxylic acids is 1. The van der Waals surface area contributed by atoms with Gasteiger partial charge in [-0.25, -0.2) is 0 Å². The monoisotopic (exact) mass is 188 g/mol. The molecule has 0 aliphatic carbocycles. The molecule has 4 heteroatoms. The van der Waals surface area contributed by atoms with E-state index in [1.165, 1.54) is 0 Å². The molecule has 12 heavy (non-hydrogen) atoms. The van der Waals surface area contributed by atoms with E-state index in [4.69, 9.17) is 5.73 Å². The quantitative estimate of drug-likeness (QED) is 0.672. The van der Waals surface area contributed by atoms with Gasteiger partial charge in [0.2, 0.25) is 5.91 Å². The van der Waals surface area contributed by atoms with Crippen molar-refractivity contribution in [3.63, 3.8) is 0 Å². The number of amides is 1. The molecule has 1 aliphatic heterocycles. The Hall–Kier alpha value is -0.220. The minimum absolute atomic E-state index is 0.0451. The summed E-state index contributed by atoms with van der Waals surface area (Å²) < 4.78 is 0. The molecule has 0 bridgehead atoms. The summed E-state index contributed by atoms with van der Waals surface area (Å²) in [6.45, 7) is 2.15. The number of primary amides is 1. The van der Waals surface area contributed by atoms with Gasteiger partial charge in [0.25, 0.3) is 0 Å². The molecule has 3 nitrogen and oxygen atoms in total. The lowest BCUT2D eigenvalue weighted by atomic mass is 9.89. The number of thioether (sulfide) groups is 1. The molecule has 1 aliphatic rings. The van der Waals surface area contributed by atoms with Crippen LogP contribution in [0.1, 0.15) is 19.8 Å². The van der Waals surface area contributed by atoms with Crippen LogP contribution in [0.25, 0.3) is 0 Å². The van der Waals surface area contributed by atoms with Gasteiger partial charge in [-0.05, 0) is 19.2 Å². The Morgan fingerprint density at radius 1 is 1.83 bits per heavy atom. The lowest BCUT2D eigenvalue weighted by molar-refractivity contribution is -0.119. The molecule has 0 aromatic rings. The van der Waals surface area contributed by atoms with Crippen molar-refractivity contribution in [1.82, 2.24) is 5.32 Å². The van der Waals surface area contributed by atoms with Crippen LogP contribution >= 0.6 is 11.8 Å². The van der Waals surface area contributed by atoms with Crippen molar-refractivity contribution < 1.29 is 4.79 Å². The van der Waals surface area contributed by atoms with Gasteiger partial charge in [0.1, 0.15) is 0 Å². The van der Waals surface area contributed by atoms with Crippen molar-refractivity contribution in [1.29, 1.82) is 0 Å². The van der Waals surface area contributed by atoms with Crippen molar-refractivity contribution in [3.05, 3.63) is 0 Å². The normalized spacial score (nSPS) is 35.3. The van der Waals surface area contributed by atoms with Crippen LogP contribution in [-0.4, -0.2) is 29.5 Å². The van der Waals surface area contributed by atoms with Crippen LogP contribution in [-0.2, 0) is 4.79 Å². The first-order valence-corrected chi connectivity index (χ1v) is 5.24. The summed E-state index contributed by atoms with van der Waals surface area (Å²) in [7, 11) is 1.91. The number of carbonyl (C=O) groups is 1. The Morgan fingerprint density at radius 2 is 2.50 bits per heavy atom. The fraction of sp³-hybridized carbons (Fsp3) is 0.875. The fourth-order valence-corrected chi connectivity index (χ4v) is 3.21. The van der Waals surface area contributed by atoms with Gasteiger partial charge in [-0.1, -0.05) is 6.92 Å². The van der Waals surface area contributed by atoms with Gasteiger partial charge < -0.3 is 11.1 Å². The third-order valence-corrected chi connectivity index (χ3v) is 4.07. The third-order valence-electron chi connectivity index (χ3n) is 2.68. The number of hydrogen-bond acceptors (Lipinski definition) is 3. The molecule has 0 radical (unpaired) electrons. The van der Waals surface area contributed by atoms with Crippen LogP contribution in [0.4, 0.5) is 0 Å². The maximum Gasteiger partial charge on any atom is 0.219 e. The average Bonchev–Trinajstić information content (AvgIpc) is 2.32. The number of nitrogens with two attached hydrogens (primary N) is 1. The molecule has 0 aromatic carbocycles. The molecule has 1 heterocycles. The first-order valence-electron chi connectivity index (χ1n) is 4.19. The smallest absolute Gasteiger partial charge is 0.219 e. The highest BCUT2D eigenvalue weighted by Crippen LogP contribution is 2.37. The summed E-state index contributed by atoms with van der Waals surface area (Å²) in [4.78, 5) is 10.8. The minimum atomic E-state index is -0.210. The van der Waals surface area contributed by atoms with Crippen molar-refractivity contribution in [2.24, 2.45) is 5.73 Å². The molecule has 1 saturated heterocycles. The van der Waals surface area contributed by atoms with Crippen molar-refractivity contribution in [2.45, 2.75) is 30.6 Å². The van der Waals surface area contributed by atoms with Crippen molar-refractivity contribution in [2.75, 3.05) is 12.8 Å². The molecular formula is C8H16N2OS. The molecule has 2 atom stereocenters. The summed E-state index contributed by atoms with van der Waals surface area (Å²) in [5, 5.41) is 3.72. The van der Waals surface area contributed by atoms with Crippen LogP contribution in [0.3, 0.4) is 0 Å². The minimum Gasteiger partial charge on any atom is -0.370 e. The highest BCUT2D eigenvalue weighted by molar-refractivity contribution is 8.00. The molecule has 1 amide bonds. The number of nitrogens with one attached hydrogen (secondary N) is 1. The van der Waals surface area contributed by atoms with E-state index in [9.17, 15) is 4.79 Å². The summed E-state index contributed by atoms with van der Waals surface area (Å²) >= 11 is 1.90. The molecule has 0 spiro atoms.